The lowest BCUT2D eigenvalue weighted by Gasteiger charge is -2.35. The lowest BCUT2D eigenvalue weighted by molar-refractivity contribution is -0.170. The van der Waals surface area contributed by atoms with Gasteiger partial charge in [0.1, 0.15) is 11.5 Å². The molecule has 0 saturated heterocycles. The molecule has 0 radical (unpaired) electrons. The summed E-state index contributed by atoms with van der Waals surface area (Å²) >= 11 is 0. The molecular formula is C30H27F3N2O4. The fraction of sp³-hybridized carbons (Fsp3) is 0.267. The van der Waals surface area contributed by atoms with Crippen molar-refractivity contribution < 1.29 is 32.2 Å². The normalized spacial score (nSPS) is 19.0. The molecule has 0 spiro atoms. The van der Waals surface area contributed by atoms with E-state index < -0.39 is 18.1 Å². The van der Waals surface area contributed by atoms with Crippen molar-refractivity contribution in [3.05, 3.63) is 95.2 Å². The number of rotatable bonds is 5. The van der Waals surface area contributed by atoms with E-state index in [0.717, 1.165) is 5.56 Å². The Labute approximate surface area is 224 Å². The molecule has 9 heteroatoms. The number of amides is 1. The molecule has 202 valence electrons. The standard InChI is InChI=1S/C30H27F3N2O4/c1-3-39-26-11-7-4-8-21(26)19-16-23-27(25(36)17-19)28(18-12-14-20(38-2)15-13-18)35(29(37)30(31,32)33)24-10-6-5-9-22(24)34-23/h4-15,19,28,34H,3,16-17H2,1-2H3/t19-,28-/m0/s1. The molecule has 0 aromatic heterocycles. The van der Waals surface area contributed by atoms with Crippen molar-refractivity contribution in [1.29, 1.82) is 0 Å². The van der Waals surface area contributed by atoms with Gasteiger partial charge >= 0.3 is 12.1 Å². The Kier molecular flexibility index (Phi) is 7.08. The lowest BCUT2D eigenvalue weighted by atomic mass is 9.78. The number of nitrogens with one attached hydrogen (secondary N) is 1. The molecule has 0 fully saturated rings. The molecule has 1 aliphatic heterocycles. The number of fused-ring (bicyclic) bond motifs is 1. The number of para-hydroxylation sites is 3. The van der Waals surface area contributed by atoms with E-state index in [1.165, 1.54) is 13.2 Å². The van der Waals surface area contributed by atoms with E-state index >= 15 is 0 Å². The molecule has 0 saturated carbocycles. The molecule has 6 nitrogen and oxygen atoms in total. The summed E-state index contributed by atoms with van der Waals surface area (Å²) in [5, 5.41) is 3.23. The number of halogens is 3. The summed E-state index contributed by atoms with van der Waals surface area (Å²) in [6.45, 7) is 2.32. The van der Waals surface area contributed by atoms with E-state index in [1.54, 1.807) is 42.5 Å². The van der Waals surface area contributed by atoms with Gasteiger partial charge < -0.3 is 14.8 Å². The average molecular weight is 537 g/mol. The number of ether oxygens (including phenoxy) is 2. The third-order valence-electron chi connectivity index (χ3n) is 7.04. The van der Waals surface area contributed by atoms with Crippen molar-refractivity contribution in [3.63, 3.8) is 0 Å². The first-order valence-electron chi connectivity index (χ1n) is 12.6. The first-order chi connectivity index (χ1) is 18.7. The van der Waals surface area contributed by atoms with Crippen LogP contribution in [0.3, 0.4) is 0 Å². The summed E-state index contributed by atoms with van der Waals surface area (Å²) < 4.78 is 53.2. The van der Waals surface area contributed by atoms with Crippen LogP contribution < -0.4 is 19.7 Å². The molecule has 2 aliphatic rings. The summed E-state index contributed by atoms with van der Waals surface area (Å²) in [6, 6.07) is 18.8. The van der Waals surface area contributed by atoms with Crippen LogP contribution in [0, 0.1) is 0 Å². The zero-order valence-electron chi connectivity index (χ0n) is 21.4. The maximum Gasteiger partial charge on any atom is 0.471 e. The molecular weight excluding hydrogens is 509 g/mol. The van der Waals surface area contributed by atoms with Crippen LogP contribution in [-0.2, 0) is 9.59 Å². The number of hydrogen-bond donors (Lipinski definition) is 1. The molecule has 2 atom stereocenters. The molecule has 0 bridgehead atoms. The van der Waals surface area contributed by atoms with E-state index in [-0.39, 0.29) is 29.4 Å². The van der Waals surface area contributed by atoms with Crippen molar-refractivity contribution in [3.8, 4) is 11.5 Å². The van der Waals surface area contributed by atoms with Gasteiger partial charge in [-0.2, -0.15) is 13.2 Å². The van der Waals surface area contributed by atoms with Crippen LogP contribution in [0.2, 0.25) is 0 Å². The average Bonchev–Trinajstić information content (AvgIpc) is 3.07. The summed E-state index contributed by atoms with van der Waals surface area (Å²) in [4.78, 5) is 27.6. The van der Waals surface area contributed by atoms with Gasteiger partial charge in [0.15, 0.2) is 5.78 Å². The molecule has 0 unspecified atom stereocenters. The van der Waals surface area contributed by atoms with Crippen LogP contribution >= 0.6 is 0 Å². The largest absolute Gasteiger partial charge is 0.497 e. The van der Waals surface area contributed by atoms with Crippen LogP contribution in [0.5, 0.6) is 11.5 Å². The summed E-state index contributed by atoms with van der Waals surface area (Å²) in [7, 11) is 1.48. The minimum Gasteiger partial charge on any atom is -0.497 e. The molecule has 3 aromatic carbocycles. The van der Waals surface area contributed by atoms with Crippen molar-refractivity contribution in [1.82, 2.24) is 0 Å². The van der Waals surface area contributed by atoms with Crippen LogP contribution in [0.4, 0.5) is 24.5 Å². The highest BCUT2D eigenvalue weighted by molar-refractivity contribution is 6.07. The molecule has 1 N–H and O–H groups in total. The van der Waals surface area contributed by atoms with E-state index in [4.69, 9.17) is 9.47 Å². The van der Waals surface area contributed by atoms with E-state index in [0.29, 0.717) is 46.4 Å². The van der Waals surface area contributed by atoms with Gasteiger partial charge in [0.2, 0.25) is 0 Å². The first-order valence-corrected chi connectivity index (χ1v) is 12.6. The monoisotopic (exact) mass is 536 g/mol. The van der Waals surface area contributed by atoms with Gasteiger partial charge in [-0.15, -0.1) is 0 Å². The van der Waals surface area contributed by atoms with Crippen LogP contribution in [0.1, 0.15) is 42.9 Å². The number of hydrogen-bond acceptors (Lipinski definition) is 5. The summed E-state index contributed by atoms with van der Waals surface area (Å²) in [5.41, 5.74) is 2.18. The van der Waals surface area contributed by atoms with Gasteiger partial charge in [0.05, 0.1) is 31.1 Å². The second-order valence-corrected chi connectivity index (χ2v) is 9.38. The number of alkyl halides is 3. The smallest absolute Gasteiger partial charge is 0.471 e. The van der Waals surface area contributed by atoms with Crippen molar-refractivity contribution in [2.24, 2.45) is 0 Å². The minimum absolute atomic E-state index is 0.0362. The second kappa shape index (κ2) is 10.5. The van der Waals surface area contributed by atoms with Gasteiger partial charge in [0.25, 0.3) is 0 Å². The number of benzene rings is 3. The summed E-state index contributed by atoms with van der Waals surface area (Å²) in [5.74, 6) is -1.50. The number of carbonyl (C=O) groups is 2. The first kappa shape index (κ1) is 26.3. The Morgan fingerprint density at radius 1 is 1.00 bits per heavy atom. The third-order valence-corrected chi connectivity index (χ3v) is 7.04. The van der Waals surface area contributed by atoms with Gasteiger partial charge in [-0.1, -0.05) is 42.5 Å². The minimum atomic E-state index is -5.17. The fourth-order valence-corrected chi connectivity index (χ4v) is 5.38. The number of allylic oxidation sites excluding steroid dienone is 1. The van der Waals surface area contributed by atoms with Crippen LogP contribution in [0.15, 0.2) is 84.1 Å². The lowest BCUT2D eigenvalue weighted by Crippen LogP contribution is -2.45. The predicted molar refractivity (Wildman–Crippen MR) is 141 cm³/mol. The Hall–Kier alpha value is -4.27. The zero-order chi connectivity index (χ0) is 27.7. The number of nitrogens with zero attached hydrogens (tertiary/aromatic N) is 1. The zero-order valence-corrected chi connectivity index (χ0v) is 21.4. The molecule has 1 aliphatic carbocycles. The molecule has 1 amide bonds. The highest BCUT2D eigenvalue weighted by atomic mass is 19.4. The quantitative estimate of drug-likeness (QED) is 0.400. The number of ketones is 1. The van der Waals surface area contributed by atoms with Crippen molar-refractivity contribution >= 4 is 23.1 Å². The number of carbonyl (C=O) groups excluding carboxylic acids is 2. The molecule has 3 aromatic rings. The topological polar surface area (TPSA) is 67.9 Å². The molecule has 1 heterocycles. The molecule has 5 rings (SSSR count). The number of Topliss-reactive ketones (excluding diaryl/α,β-unsaturated/α-hetero) is 1. The van der Waals surface area contributed by atoms with Gasteiger partial charge in [-0.25, -0.2) is 0 Å². The Morgan fingerprint density at radius 2 is 1.69 bits per heavy atom. The second-order valence-electron chi connectivity index (χ2n) is 9.38. The maximum atomic E-state index is 14.0. The van der Waals surface area contributed by atoms with E-state index in [9.17, 15) is 22.8 Å². The highest BCUT2D eigenvalue weighted by Gasteiger charge is 2.50. The highest BCUT2D eigenvalue weighted by Crippen LogP contribution is 2.49. The third kappa shape index (κ3) is 4.96. The van der Waals surface area contributed by atoms with E-state index in [2.05, 4.69) is 5.32 Å². The van der Waals surface area contributed by atoms with Crippen molar-refractivity contribution in [2.45, 2.75) is 37.9 Å². The SMILES string of the molecule is CCOc1ccccc1[C@@H]1CC(=O)C2=C(C1)Nc1ccccc1N(C(=O)C(F)(F)F)[C@H]2c1ccc(OC)cc1. The maximum absolute atomic E-state index is 14.0. The number of anilines is 2. The van der Waals surface area contributed by atoms with Crippen molar-refractivity contribution in [2.75, 3.05) is 23.9 Å². The predicted octanol–water partition coefficient (Wildman–Crippen LogP) is 6.56. The fourth-order valence-electron chi connectivity index (χ4n) is 5.38. The Morgan fingerprint density at radius 3 is 2.38 bits per heavy atom. The van der Waals surface area contributed by atoms with Crippen LogP contribution in [-0.4, -0.2) is 31.6 Å². The summed E-state index contributed by atoms with van der Waals surface area (Å²) in [6.07, 6.45) is -4.76. The van der Waals surface area contributed by atoms with E-state index in [1.807, 2.05) is 31.2 Å². The molecule has 39 heavy (non-hydrogen) atoms. The van der Waals surface area contributed by atoms with Gasteiger partial charge in [0, 0.05) is 23.6 Å². The Bertz CT molecular complexity index is 1430. The van der Waals surface area contributed by atoms with Gasteiger partial charge in [-0.05, 0) is 54.8 Å². The van der Waals surface area contributed by atoms with Crippen LogP contribution in [0.25, 0.3) is 0 Å². The Balaban J connectivity index is 1.71. The van der Waals surface area contributed by atoms with Gasteiger partial charge in [-0.3, -0.25) is 14.5 Å². The number of methoxy groups -OCH3 is 1.